The molecule has 3 aliphatic rings. The summed E-state index contributed by atoms with van der Waals surface area (Å²) in [5.74, 6) is -0.588. The highest BCUT2D eigenvalue weighted by Gasteiger charge is 2.43. The van der Waals surface area contributed by atoms with Gasteiger partial charge in [-0.05, 0) is 60.4 Å². The van der Waals surface area contributed by atoms with E-state index in [-0.39, 0.29) is 36.4 Å². The number of carbonyl (C=O) groups excluding carboxylic acids is 3. The molecule has 1 saturated heterocycles. The Kier molecular flexibility index (Phi) is 8.15. The Hall–Kier alpha value is -4.62. The van der Waals surface area contributed by atoms with Crippen LogP contribution >= 0.6 is 0 Å². The first-order chi connectivity index (χ1) is 21.3. The number of benzene rings is 3. The molecule has 0 aliphatic carbocycles. The van der Waals surface area contributed by atoms with Crippen LogP contribution < -0.4 is 19.5 Å². The standard InChI is InChI=1S/C31H31N3O9S/c1-40-22-7-4-6-21(15-22)29(30(36)32-16-23-8-5-13-41-23)33(17-20-11-12-25-26(14-20)43-19-42-25)28(35)18-34-31(37)24-9-2-3-10-27(24)44(34,38)39/h2-4,6-7,9-12,14-15,23,29H,5,8,13,16-19H2,1H3,(H,32,36)/t23-,29+/m1/s1. The summed E-state index contributed by atoms with van der Waals surface area (Å²) in [5, 5.41) is 2.91. The second-order valence-electron chi connectivity index (χ2n) is 10.6. The molecule has 3 aromatic rings. The fraction of sp³-hybridized carbons (Fsp3) is 0.323. The van der Waals surface area contributed by atoms with Gasteiger partial charge in [0.2, 0.25) is 18.6 Å². The number of rotatable bonds is 10. The first kappa shape index (κ1) is 29.5. The number of nitrogens with one attached hydrogen (secondary N) is 1. The van der Waals surface area contributed by atoms with E-state index in [1.807, 2.05) is 0 Å². The fourth-order valence-corrected chi connectivity index (χ4v) is 7.08. The van der Waals surface area contributed by atoms with Crippen LogP contribution in [0.2, 0.25) is 0 Å². The van der Waals surface area contributed by atoms with E-state index < -0.39 is 40.3 Å². The van der Waals surface area contributed by atoms with Crippen LogP contribution in [-0.2, 0) is 30.9 Å². The number of carbonyl (C=O) groups is 3. The summed E-state index contributed by atoms with van der Waals surface area (Å²) in [6.07, 6.45) is 1.52. The summed E-state index contributed by atoms with van der Waals surface area (Å²) in [6.45, 7) is -0.0242. The molecule has 3 aliphatic heterocycles. The van der Waals surface area contributed by atoms with E-state index in [1.54, 1.807) is 48.5 Å². The quantitative estimate of drug-likeness (QED) is 0.362. The zero-order valence-electron chi connectivity index (χ0n) is 23.9. The summed E-state index contributed by atoms with van der Waals surface area (Å²) in [6, 6.07) is 16.4. The SMILES string of the molecule is COc1cccc([C@@H](C(=O)NC[C@H]2CCCO2)N(Cc2ccc3c(c2)OCO3)C(=O)CN2C(=O)c3ccccc3S2(=O)=O)c1. The van der Waals surface area contributed by atoms with Gasteiger partial charge in [-0.2, -0.15) is 0 Å². The number of methoxy groups -OCH3 is 1. The molecule has 1 N–H and O–H groups in total. The molecular formula is C31H31N3O9S. The molecule has 3 amide bonds. The minimum absolute atomic E-state index is 0.0127. The van der Waals surface area contributed by atoms with Crippen molar-refractivity contribution < 1.29 is 41.7 Å². The topological polar surface area (TPSA) is 141 Å². The molecule has 12 nitrogen and oxygen atoms in total. The molecule has 13 heteroatoms. The second kappa shape index (κ2) is 12.2. The van der Waals surface area contributed by atoms with Crippen molar-refractivity contribution in [1.82, 2.24) is 14.5 Å². The molecule has 0 bridgehead atoms. The maximum atomic E-state index is 14.2. The lowest BCUT2D eigenvalue weighted by Crippen LogP contribution is -2.48. The summed E-state index contributed by atoms with van der Waals surface area (Å²) >= 11 is 0. The maximum absolute atomic E-state index is 14.2. The normalized spacial score (nSPS) is 18.5. The number of hydrogen-bond donors (Lipinski definition) is 1. The van der Waals surface area contributed by atoms with Gasteiger partial charge in [0.25, 0.3) is 15.9 Å². The Balaban J connectivity index is 1.37. The van der Waals surface area contributed by atoms with Gasteiger partial charge in [0.05, 0.1) is 18.8 Å². The van der Waals surface area contributed by atoms with E-state index in [1.165, 1.54) is 30.2 Å². The molecular weight excluding hydrogens is 590 g/mol. The zero-order chi connectivity index (χ0) is 30.8. The van der Waals surface area contributed by atoms with Crippen molar-refractivity contribution in [3.05, 3.63) is 83.4 Å². The van der Waals surface area contributed by atoms with Gasteiger partial charge < -0.3 is 29.2 Å². The van der Waals surface area contributed by atoms with Crippen LogP contribution in [0.4, 0.5) is 0 Å². The van der Waals surface area contributed by atoms with Crippen molar-refractivity contribution in [2.75, 3.05) is 33.6 Å². The van der Waals surface area contributed by atoms with Gasteiger partial charge in [0, 0.05) is 19.7 Å². The Labute approximate surface area is 254 Å². The summed E-state index contributed by atoms with van der Waals surface area (Å²) in [5.41, 5.74) is 1.02. The highest BCUT2D eigenvalue weighted by Crippen LogP contribution is 2.35. The number of sulfonamides is 1. The Morgan fingerprint density at radius 2 is 1.89 bits per heavy atom. The third-order valence-corrected chi connectivity index (χ3v) is 9.59. The molecule has 0 aromatic heterocycles. The van der Waals surface area contributed by atoms with Crippen LogP contribution in [0.1, 0.15) is 40.4 Å². The third-order valence-electron chi connectivity index (χ3n) is 7.80. The van der Waals surface area contributed by atoms with Crippen molar-refractivity contribution in [1.29, 1.82) is 0 Å². The van der Waals surface area contributed by atoms with Gasteiger partial charge in [-0.3, -0.25) is 14.4 Å². The van der Waals surface area contributed by atoms with Crippen LogP contribution in [0, 0.1) is 0 Å². The molecule has 0 unspecified atom stereocenters. The lowest BCUT2D eigenvalue weighted by Gasteiger charge is -2.33. The first-order valence-corrected chi connectivity index (χ1v) is 15.6. The minimum atomic E-state index is -4.28. The van der Waals surface area contributed by atoms with Gasteiger partial charge in [0.15, 0.2) is 11.5 Å². The smallest absolute Gasteiger partial charge is 0.269 e. The monoisotopic (exact) mass is 621 g/mol. The van der Waals surface area contributed by atoms with Gasteiger partial charge in [0.1, 0.15) is 23.2 Å². The molecule has 3 heterocycles. The van der Waals surface area contributed by atoms with Crippen molar-refractivity contribution in [2.24, 2.45) is 0 Å². The number of hydrogen-bond acceptors (Lipinski definition) is 9. The Bertz CT molecular complexity index is 1700. The molecule has 44 heavy (non-hydrogen) atoms. The van der Waals surface area contributed by atoms with Crippen molar-refractivity contribution in [2.45, 2.75) is 36.4 Å². The first-order valence-electron chi connectivity index (χ1n) is 14.1. The average molecular weight is 622 g/mol. The van der Waals surface area contributed by atoms with Crippen LogP contribution in [0.25, 0.3) is 0 Å². The predicted octanol–water partition coefficient (Wildman–Crippen LogP) is 2.63. The number of amides is 3. The lowest BCUT2D eigenvalue weighted by atomic mass is 10.0. The molecule has 0 radical (unpaired) electrons. The number of nitrogens with zero attached hydrogens (tertiary/aromatic N) is 2. The highest BCUT2D eigenvalue weighted by molar-refractivity contribution is 7.90. The molecule has 0 spiro atoms. The van der Waals surface area contributed by atoms with Gasteiger partial charge >= 0.3 is 0 Å². The summed E-state index contributed by atoms with van der Waals surface area (Å²) < 4.78 is 49.2. The Morgan fingerprint density at radius 3 is 2.66 bits per heavy atom. The molecule has 1 fully saturated rings. The van der Waals surface area contributed by atoms with E-state index in [4.69, 9.17) is 18.9 Å². The third kappa shape index (κ3) is 5.67. The number of fused-ring (bicyclic) bond motifs is 2. The van der Waals surface area contributed by atoms with E-state index in [9.17, 15) is 22.8 Å². The van der Waals surface area contributed by atoms with E-state index >= 15 is 0 Å². The van der Waals surface area contributed by atoms with Gasteiger partial charge in [-0.25, -0.2) is 12.7 Å². The van der Waals surface area contributed by atoms with Crippen LogP contribution in [0.5, 0.6) is 17.2 Å². The molecule has 2 atom stereocenters. The molecule has 230 valence electrons. The van der Waals surface area contributed by atoms with E-state index in [0.29, 0.717) is 39.3 Å². The van der Waals surface area contributed by atoms with E-state index in [0.717, 1.165) is 12.8 Å². The fourth-order valence-electron chi connectivity index (χ4n) is 5.56. The number of ether oxygens (including phenoxy) is 4. The predicted molar refractivity (Wildman–Crippen MR) is 155 cm³/mol. The zero-order valence-corrected chi connectivity index (χ0v) is 24.7. The van der Waals surface area contributed by atoms with Crippen molar-refractivity contribution in [3.63, 3.8) is 0 Å². The highest BCUT2D eigenvalue weighted by atomic mass is 32.2. The second-order valence-corrected chi connectivity index (χ2v) is 12.4. The van der Waals surface area contributed by atoms with Crippen LogP contribution in [0.3, 0.4) is 0 Å². The van der Waals surface area contributed by atoms with Gasteiger partial charge in [-0.15, -0.1) is 0 Å². The summed E-state index contributed by atoms with van der Waals surface area (Å²) in [4.78, 5) is 42.5. The average Bonchev–Trinajstić information content (AvgIpc) is 3.77. The maximum Gasteiger partial charge on any atom is 0.269 e. The van der Waals surface area contributed by atoms with Crippen LogP contribution in [-0.4, -0.2) is 75.0 Å². The lowest BCUT2D eigenvalue weighted by molar-refractivity contribution is -0.141. The van der Waals surface area contributed by atoms with Crippen molar-refractivity contribution >= 4 is 27.7 Å². The molecule has 0 saturated carbocycles. The summed E-state index contributed by atoms with van der Waals surface area (Å²) in [7, 11) is -2.80. The largest absolute Gasteiger partial charge is 0.497 e. The van der Waals surface area contributed by atoms with Crippen molar-refractivity contribution in [3.8, 4) is 17.2 Å². The Morgan fingerprint density at radius 1 is 1.07 bits per heavy atom. The molecule has 3 aromatic carbocycles. The van der Waals surface area contributed by atoms with Gasteiger partial charge in [-0.1, -0.05) is 30.3 Å². The van der Waals surface area contributed by atoms with Crippen LogP contribution in [0.15, 0.2) is 71.6 Å². The molecule has 6 rings (SSSR count). The van der Waals surface area contributed by atoms with E-state index in [2.05, 4.69) is 5.32 Å². The minimum Gasteiger partial charge on any atom is -0.497 e.